The molecule has 0 unspecified atom stereocenters. The molecule has 130 valence electrons. The molecule has 0 radical (unpaired) electrons. The van der Waals surface area contributed by atoms with Gasteiger partial charge in [-0.25, -0.2) is 0 Å². The summed E-state index contributed by atoms with van der Waals surface area (Å²) in [4.78, 5) is 0. The summed E-state index contributed by atoms with van der Waals surface area (Å²) in [6.07, 6.45) is 11.5. The topological polar surface area (TPSA) is 0 Å². The lowest BCUT2D eigenvalue weighted by atomic mass is 9.80. The van der Waals surface area contributed by atoms with E-state index in [-0.39, 0.29) is 0 Å². The van der Waals surface area contributed by atoms with Gasteiger partial charge in [0.2, 0.25) is 0 Å². The zero-order valence-corrected chi connectivity index (χ0v) is 16.7. The number of hydrogen-bond donors (Lipinski definition) is 0. The van der Waals surface area contributed by atoms with Crippen LogP contribution in [-0.4, -0.2) is 0 Å². The Kier molecular flexibility index (Phi) is 3.11. The van der Waals surface area contributed by atoms with E-state index in [0.29, 0.717) is 0 Å². The third-order valence-electron chi connectivity index (χ3n) is 7.14. The van der Waals surface area contributed by atoms with Crippen LogP contribution >= 0.6 is 0 Å². The van der Waals surface area contributed by atoms with Crippen LogP contribution in [0.3, 0.4) is 0 Å². The molecule has 0 aromatic heterocycles. The van der Waals surface area contributed by atoms with Crippen molar-refractivity contribution in [3.63, 3.8) is 0 Å². The van der Waals surface area contributed by atoms with Crippen LogP contribution in [0.2, 0.25) is 0 Å². The second kappa shape index (κ2) is 5.10. The van der Waals surface area contributed by atoms with Crippen LogP contribution in [0.5, 0.6) is 0 Å². The molecule has 0 spiro atoms. The quantitative estimate of drug-likeness (QED) is 0.388. The Morgan fingerprint density at radius 3 is 1.23 bits per heavy atom. The highest BCUT2D eigenvalue weighted by molar-refractivity contribution is 6.17. The highest BCUT2D eigenvalue weighted by Gasteiger charge is 2.24. The maximum atomic E-state index is 2.34. The molecule has 0 atom stereocenters. The highest BCUT2D eigenvalue weighted by atomic mass is 14.3. The molecule has 2 aliphatic carbocycles. The average molecular weight is 338 g/mol. The van der Waals surface area contributed by atoms with Crippen LogP contribution in [0.25, 0.3) is 33.7 Å². The Morgan fingerprint density at radius 2 is 0.846 bits per heavy atom. The Balaban J connectivity index is 2.17. The van der Waals surface area contributed by atoms with Gasteiger partial charge in [0.25, 0.3) is 0 Å². The summed E-state index contributed by atoms with van der Waals surface area (Å²) in [7, 11) is 0. The van der Waals surface area contributed by atoms with E-state index in [1.807, 2.05) is 0 Å². The van der Waals surface area contributed by atoms with Crippen LogP contribution in [0.1, 0.15) is 55.6 Å². The summed E-state index contributed by atoms with van der Waals surface area (Å²) in [6, 6.07) is 0. The summed E-state index contributed by atoms with van der Waals surface area (Å²) in [6.45, 7) is 14.0. The van der Waals surface area contributed by atoms with E-state index in [0.717, 1.165) is 12.8 Å². The van der Waals surface area contributed by atoms with Crippen molar-refractivity contribution in [2.24, 2.45) is 0 Å². The summed E-state index contributed by atoms with van der Waals surface area (Å²) < 4.78 is 0. The van der Waals surface area contributed by atoms with E-state index in [1.165, 1.54) is 77.2 Å². The molecule has 5 rings (SSSR count). The molecule has 0 amide bonds. The van der Waals surface area contributed by atoms with Crippen LogP contribution in [0.15, 0.2) is 12.2 Å². The van der Waals surface area contributed by atoms with Crippen molar-refractivity contribution < 1.29 is 0 Å². The van der Waals surface area contributed by atoms with Gasteiger partial charge in [-0.05, 0) is 132 Å². The van der Waals surface area contributed by atoms with Crippen molar-refractivity contribution in [1.82, 2.24) is 0 Å². The van der Waals surface area contributed by atoms with Crippen molar-refractivity contribution in [3.05, 3.63) is 67.8 Å². The molecule has 0 fully saturated rings. The zero-order chi connectivity index (χ0) is 18.3. The lowest BCUT2D eigenvalue weighted by Gasteiger charge is -2.24. The normalized spacial score (nSPS) is 14.7. The van der Waals surface area contributed by atoms with Crippen molar-refractivity contribution >= 4 is 33.7 Å². The van der Waals surface area contributed by atoms with Crippen molar-refractivity contribution in [2.45, 2.75) is 54.4 Å². The molecule has 0 nitrogen and oxygen atoms in total. The Hall–Kier alpha value is -2.34. The molecule has 0 heterocycles. The molecule has 26 heavy (non-hydrogen) atoms. The molecule has 0 aliphatic heterocycles. The van der Waals surface area contributed by atoms with Crippen LogP contribution in [0.4, 0.5) is 0 Å². The number of aryl methyl sites for hydroxylation is 6. The fourth-order valence-electron chi connectivity index (χ4n) is 5.68. The second-order valence-corrected chi connectivity index (χ2v) is 8.25. The molecular formula is C26H26. The van der Waals surface area contributed by atoms with Crippen molar-refractivity contribution in [2.75, 3.05) is 0 Å². The Bertz CT molecular complexity index is 1120. The summed E-state index contributed by atoms with van der Waals surface area (Å²) in [5, 5.41) is 5.99. The minimum atomic E-state index is 1.08. The highest BCUT2D eigenvalue weighted by Crippen LogP contribution is 2.45. The fourth-order valence-corrected chi connectivity index (χ4v) is 5.68. The fraction of sp³-hybridized carbons (Fsp3) is 0.308. The number of hydrogen-bond acceptors (Lipinski definition) is 0. The molecule has 3 aromatic carbocycles. The molecule has 0 saturated carbocycles. The predicted molar refractivity (Wildman–Crippen MR) is 115 cm³/mol. The zero-order valence-electron chi connectivity index (χ0n) is 16.7. The Morgan fingerprint density at radius 1 is 0.462 bits per heavy atom. The maximum Gasteiger partial charge on any atom is -0.00614 e. The van der Waals surface area contributed by atoms with Gasteiger partial charge < -0.3 is 0 Å². The lowest BCUT2D eigenvalue weighted by Crippen LogP contribution is -2.03. The van der Waals surface area contributed by atoms with E-state index >= 15 is 0 Å². The number of rotatable bonds is 0. The van der Waals surface area contributed by atoms with Crippen LogP contribution < -0.4 is 0 Å². The summed E-state index contributed by atoms with van der Waals surface area (Å²) in [5.74, 6) is 0. The standard InChI is InChI=1S/C26H26/c1-13-14(2)24-16(4)20-10-8-12-22(20)18(6)26(24)25-17(5)21-11-7-9-19(21)15(3)23(13)25/h7-8,11-12H,9-10H2,1-6H3. The van der Waals surface area contributed by atoms with Gasteiger partial charge in [0.05, 0.1) is 0 Å². The minimum Gasteiger partial charge on any atom is -0.0795 e. The second-order valence-electron chi connectivity index (χ2n) is 8.25. The van der Waals surface area contributed by atoms with Gasteiger partial charge in [0, 0.05) is 0 Å². The summed E-state index contributed by atoms with van der Waals surface area (Å²) >= 11 is 0. The largest absolute Gasteiger partial charge is 0.0795 e. The molecule has 0 N–H and O–H groups in total. The van der Waals surface area contributed by atoms with Crippen molar-refractivity contribution in [3.8, 4) is 0 Å². The van der Waals surface area contributed by atoms with E-state index in [9.17, 15) is 0 Å². The van der Waals surface area contributed by atoms with Gasteiger partial charge in [-0.15, -0.1) is 0 Å². The van der Waals surface area contributed by atoms with Gasteiger partial charge in [-0.1, -0.05) is 24.3 Å². The smallest absolute Gasteiger partial charge is 0.00614 e. The average Bonchev–Trinajstić information content (AvgIpc) is 3.29. The number of fused-ring (bicyclic) bond motifs is 5. The van der Waals surface area contributed by atoms with Gasteiger partial charge >= 0.3 is 0 Å². The van der Waals surface area contributed by atoms with Gasteiger partial charge in [-0.3, -0.25) is 0 Å². The molecule has 0 heteroatoms. The van der Waals surface area contributed by atoms with E-state index in [2.05, 4.69) is 65.8 Å². The first-order valence-electron chi connectivity index (χ1n) is 9.77. The van der Waals surface area contributed by atoms with Crippen LogP contribution in [-0.2, 0) is 12.8 Å². The first-order valence-corrected chi connectivity index (χ1v) is 9.77. The van der Waals surface area contributed by atoms with E-state index in [1.54, 1.807) is 0 Å². The van der Waals surface area contributed by atoms with E-state index in [4.69, 9.17) is 0 Å². The number of benzene rings is 3. The number of allylic oxidation sites excluding steroid dienone is 2. The molecular weight excluding hydrogens is 312 g/mol. The first-order chi connectivity index (χ1) is 12.4. The molecule has 0 saturated heterocycles. The van der Waals surface area contributed by atoms with Gasteiger partial charge in [-0.2, -0.15) is 0 Å². The van der Waals surface area contributed by atoms with Gasteiger partial charge in [0.1, 0.15) is 0 Å². The molecule has 0 bridgehead atoms. The maximum absolute atomic E-state index is 2.34. The lowest BCUT2D eigenvalue weighted by molar-refractivity contribution is 1.22. The minimum absolute atomic E-state index is 1.08. The Labute approximate surface area is 156 Å². The van der Waals surface area contributed by atoms with Crippen molar-refractivity contribution in [1.29, 1.82) is 0 Å². The van der Waals surface area contributed by atoms with Crippen LogP contribution in [0, 0.1) is 41.5 Å². The van der Waals surface area contributed by atoms with E-state index < -0.39 is 0 Å². The summed E-state index contributed by atoms with van der Waals surface area (Å²) in [5.41, 5.74) is 14.8. The third kappa shape index (κ3) is 1.70. The monoisotopic (exact) mass is 338 g/mol. The molecule has 3 aromatic rings. The third-order valence-corrected chi connectivity index (χ3v) is 7.14. The predicted octanol–water partition coefficient (Wildman–Crippen LogP) is 6.98. The first kappa shape index (κ1) is 15.9. The van der Waals surface area contributed by atoms with Gasteiger partial charge in [0.15, 0.2) is 0 Å². The molecule has 2 aliphatic rings. The SMILES string of the molecule is Cc1c2c(c(C)c3c1c(C)c(C)c1c(C)c4c(c(C)c13)C=CC4)C=CC2.